The van der Waals surface area contributed by atoms with Crippen LogP contribution in [0.3, 0.4) is 0 Å². The van der Waals surface area contributed by atoms with Gasteiger partial charge in [-0.25, -0.2) is 0 Å². The lowest BCUT2D eigenvalue weighted by atomic mass is 10.2. The van der Waals surface area contributed by atoms with Crippen LogP contribution < -0.4 is 5.32 Å². The molecule has 0 radical (unpaired) electrons. The summed E-state index contributed by atoms with van der Waals surface area (Å²) in [7, 11) is 1.62. The number of nitrogens with one attached hydrogen (secondary N) is 1. The zero-order valence-corrected chi connectivity index (χ0v) is 14.6. The molecule has 1 amide bonds. The summed E-state index contributed by atoms with van der Waals surface area (Å²) < 4.78 is 7.08. The highest BCUT2D eigenvalue weighted by Gasteiger charge is 2.30. The minimum Gasteiger partial charge on any atom is -0.383 e. The minimum atomic E-state index is -0.0146. The number of hydrogen-bond acceptors (Lipinski definition) is 5. The first-order valence-corrected chi connectivity index (χ1v) is 9.12. The second-order valence-corrected chi connectivity index (χ2v) is 6.76. The van der Waals surface area contributed by atoms with Crippen molar-refractivity contribution in [2.24, 2.45) is 0 Å². The number of methoxy groups -OCH3 is 1. The second-order valence-electron chi connectivity index (χ2n) is 5.82. The van der Waals surface area contributed by atoms with Gasteiger partial charge in [0.2, 0.25) is 5.91 Å². The smallest absolute Gasteiger partial charge is 0.230 e. The summed E-state index contributed by atoms with van der Waals surface area (Å²) in [6.45, 7) is 1.79. The molecule has 1 saturated carbocycles. The maximum atomic E-state index is 11.9. The van der Waals surface area contributed by atoms with Crippen molar-refractivity contribution < 1.29 is 9.53 Å². The van der Waals surface area contributed by atoms with E-state index in [9.17, 15) is 4.79 Å². The van der Waals surface area contributed by atoms with Crippen LogP contribution in [-0.2, 0) is 16.1 Å². The number of thioether (sulfide) groups is 1. The Balaban J connectivity index is 1.65. The van der Waals surface area contributed by atoms with Gasteiger partial charge in [-0.05, 0) is 18.4 Å². The van der Waals surface area contributed by atoms with Gasteiger partial charge in [0, 0.05) is 19.6 Å². The van der Waals surface area contributed by atoms with Crippen LogP contribution in [0.1, 0.15) is 30.1 Å². The highest BCUT2D eigenvalue weighted by Crippen LogP contribution is 2.40. The summed E-state index contributed by atoms with van der Waals surface area (Å²) in [4.78, 5) is 11.9. The normalized spacial score (nSPS) is 13.9. The Labute approximate surface area is 146 Å². The number of hydrogen-bond donors (Lipinski definition) is 1. The van der Waals surface area contributed by atoms with E-state index in [-0.39, 0.29) is 5.91 Å². The molecule has 128 valence electrons. The molecule has 1 heterocycles. The fourth-order valence-corrected chi connectivity index (χ4v) is 3.21. The molecule has 1 N–H and O–H groups in total. The lowest BCUT2D eigenvalue weighted by Crippen LogP contribution is -2.28. The molecular formula is C17H22N4O2S. The van der Waals surface area contributed by atoms with E-state index < -0.39 is 0 Å². The maximum absolute atomic E-state index is 11.9. The molecule has 0 spiro atoms. The average Bonchev–Trinajstić information content (AvgIpc) is 3.37. The van der Waals surface area contributed by atoms with E-state index in [1.807, 2.05) is 18.2 Å². The highest BCUT2D eigenvalue weighted by atomic mass is 32.2. The van der Waals surface area contributed by atoms with Crippen molar-refractivity contribution in [3.05, 3.63) is 41.7 Å². The molecular weight excluding hydrogens is 324 g/mol. The summed E-state index contributed by atoms with van der Waals surface area (Å²) in [5.41, 5.74) is 1.21. The third kappa shape index (κ3) is 4.58. The number of carbonyl (C=O) groups excluding carboxylic acids is 1. The lowest BCUT2D eigenvalue weighted by Gasteiger charge is -2.10. The number of benzene rings is 1. The summed E-state index contributed by atoms with van der Waals surface area (Å²) in [5, 5.41) is 12.3. The summed E-state index contributed by atoms with van der Waals surface area (Å²) >= 11 is 1.43. The van der Waals surface area contributed by atoms with Crippen LogP contribution in [0.15, 0.2) is 35.5 Å². The van der Waals surface area contributed by atoms with Gasteiger partial charge in [-0.3, -0.25) is 4.79 Å². The van der Waals surface area contributed by atoms with Gasteiger partial charge in [0.1, 0.15) is 5.82 Å². The molecule has 1 aliphatic rings. The van der Waals surface area contributed by atoms with E-state index in [0.717, 1.165) is 17.5 Å². The van der Waals surface area contributed by atoms with E-state index in [1.165, 1.54) is 30.2 Å². The first-order valence-electron chi connectivity index (χ1n) is 8.13. The van der Waals surface area contributed by atoms with Crippen molar-refractivity contribution >= 4 is 17.7 Å². The first-order chi connectivity index (χ1) is 11.8. The summed E-state index contributed by atoms with van der Waals surface area (Å²) in [6, 6.07) is 10.3. The van der Waals surface area contributed by atoms with Gasteiger partial charge in [0.25, 0.3) is 0 Å². The van der Waals surface area contributed by atoms with Crippen LogP contribution in [0.5, 0.6) is 0 Å². The maximum Gasteiger partial charge on any atom is 0.230 e. The van der Waals surface area contributed by atoms with Gasteiger partial charge in [-0.1, -0.05) is 42.1 Å². The van der Waals surface area contributed by atoms with E-state index in [0.29, 0.717) is 24.8 Å². The third-order valence-electron chi connectivity index (χ3n) is 3.83. The van der Waals surface area contributed by atoms with E-state index in [1.54, 1.807) is 7.11 Å². The van der Waals surface area contributed by atoms with Crippen LogP contribution in [0, 0.1) is 0 Å². The Morgan fingerprint density at radius 3 is 2.83 bits per heavy atom. The third-order valence-corrected chi connectivity index (χ3v) is 4.80. The van der Waals surface area contributed by atoms with Crippen LogP contribution >= 0.6 is 11.8 Å². The number of rotatable bonds is 9. The van der Waals surface area contributed by atoms with Gasteiger partial charge in [-0.2, -0.15) is 0 Å². The van der Waals surface area contributed by atoms with Gasteiger partial charge in [0.05, 0.1) is 18.9 Å². The Bertz CT molecular complexity index is 670. The fourth-order valence-electron chi connectivity index (χ4n) is 2.44. The summed E-state index contributed by atoms with van der Waals surface area (Å²) in [6.07, 6.45) is 2.35. The van der Waals surface area contributed by atoms with Gasteiger partial charge in [0.15, 0.2) is 5.16 Å². The van der Waals surface area contributed by atoms with E-state index in [2.05, 4.69) is 32.2 Å². The van der Waals surface area contributed by atoms with Crippen molar-refractivity contribution in [1.29, 1.82) is 0 Å². The quantitative estimate of drug-likeness (QED) is 0.556. The zero-order valence-electron chi connectivity index (χ0n) is 13.8. The van der Waals surface area contributed by atoms with Crippen LogP contribution in [-0.4, -0.2) is 46.7 Å². The Morgan fingerprint density at radius 1 is 1.33 bits per heavy atom. The molecule has 0 atom stereocenters. The Morgan fingerprint density at radius 2 is 2.12 bits per heavy atom. The highest BCUT2D eigenvalue weighted by molar-refractivity contribution is 7.99. The lowest BCUT2D eigenvalue weighted by molar-refractivity contribution is -0.118. The number of ether oxygens (including phenoxy) is 1. The number of carbonyl (C=O) groups is 1. The van der Waals surface area contributed by atoms with E-state index >= 15 is 0 Å². The van der Waals surface area contributed by atoms with Crippen LogP contribution in [0.25, 0.3) is 0 Å². The molecule has 0 unspecified atom stereocenters. The van der Waals surface area contributed by atoms with Crippen molar-refractivity contribution in [3.8, 4) is 0 Å². The molecule has 1 fully saturated rings. The molecule has 2 aromatic rings. The van der Waals surface area contributed by atoms with Crippen molar-refractivity contribution in [1.82, 2.24) is 20.1 Å². The van der Waals surface area contributed by atoms with Crippen LogP contribution in [0.2, 0.25) is 0 Å². The molecule has 1 aromatic heterocycles. The number of nitrogens with zero attached hydrogens (tertiary/aromatic N) is 3. The molecule has 6 nitrogen and oxygen atoms in total. The molecule has 1 aliphatic carbocycles. The second kappa shape index (κ2) is 8.30. The molecule has 0 aliphatic heterocycles. The predicted octanol–water partition coefficient (Wildman–Crippen LogP) is 2.06. The SMILES string of the molecule is COCCNC(=O)CSc1nnc(C2CC2)n1Cc1ccccc1. The Hall–Kier alpha value is -1.86. The molecule has 3 rings (SSSR count). The van der Waals surface area contributed by atoms with E-state index in [4.69, 9.17) is 4.74 Å². The van der Waals surface area contributed by atoms with Crippen molar-refractivity contribution in [2.75, 3.05) is 26.0 Å². The first kappa shape index (κ1) is 17.0. The predicted molar refractivity (Wildman–Crippen MR) is 93.2 cm³/mol. The molecule has 24 heavy (non-hydrogen) atoms. The molecule has 0 bridgehead atoms. The number of amides is 1. The van der Waals surface area contributed by atoms with Crippen molar-refractivity contribution in [3.63, 3.8) is 0 Å². The summed E-state index contributed by atoms with van der Waals surface area (Å²) in [5.74, 6) is 1.88. The fraction of sp³-hybridized carbons (Fsp3) is 0.471. The topological polar surface area (TPSA) is 69.0 Å². The minimum absolute atomic E-state index is 0.0146. The molecule has 1 aromatic carbocycles. The average molecular weight is 346 g/mol. The van der Waals surface area contributed by atoms with Gasteiger partial charge >= 0.3 is 0 Å². The van der Waals surface area contributed by atoms with Gasteiger partial charge in [-0.15, -0.1) is 10.2 Å². The van der Waals surface area contributed by atoms with Crippen LogP contribution in [0.4, 0.5) is 0 Å². The zero-order chi connectivity index (χ0) is 16.8. The monoisotopic (exact) mass is 346 g/mol. The largest absolute Gasteiger partial charge is 0.383 e. The molecule has 0 saturated heterocycles. The number of aromatic nitrogens is 3. The Kier molecular flexibility index (Phi) is 5.87. The van der Waals surface area contributed by atoms with Gasteiger partial charge < -0.3 is 14.6 Å². The molecule has 7 heteroatoms. The standard InChI is InChI=1S/C17H22N4O2S/c1-23-10-9-18-15(22)12-24-17-20-19-16(14-7-8-14)21(17)11-13-5-3-2-4-6-13/h2-6,14H,7-12H2,1H3,(H,18,22). The van der Waals surface area contributed by atoms with Crippen molar-refractivity contribution in [2.45, 2.75) is 30.5 Å².